The van der Waals surface area contributed by atoms with Crippen LogP contribution >= 0.6 is 0 Å². The van der Waals surface area contributed by atoms with E-state index in [4.69, 9.17) is 9.47 Å². The number of hydrogen-bond acceptors (Lipinski definition) is 4. The molecule has 0 bridgehead atoms. The molecule has 0 aromatic heterocycles. The molecule has 0 saturated carbocycles. The van der Waals surface area contributed by atoms with Crippen LogP contribution in [0.4, 0.5) is 0 Å². The van der Waals surface area contributed by atoms with Crippen LogP contribution in [-0.2, 0) is 20.9 Å². The minimum absolute atomic E-state index is 0.0897. The fourth-order valence-electron chi connectivity index (χ4n) is 2.35. The first-order valence-electron chi connectivity index (χ1n) is 8.59. The van der Waals surface area contributed by atoms with Gasteiger partial charge in [0, 0.05) is 20.1 Å². The minimum Gasteiger partial charge on any atom is -0.461 e. The summed E-state index contributed by atoms with van der Waals surface area (Å²) in [5.74, 6) is -0.0897. The van der Waals surface area contributed by atoms with E-state index in [0.717, 1.165) is 38.1 Å². The van der Waals surface area contributed by atoms with Crippen LogP contribution in [0, 0.1) is 0 Å². The van der Waals surface area contributed by atoms with Crippen molar-refractivity contribution in [2.45, 2.75) is 45.1 Å². The lowest BCUT2D eigenvalue weighted by Gasteiger charge is -2.15. The zero-order valence-corrected chi connectivity index (χ0v) is 14.6. The minimum atomic E-state index is -0.0897. The molecule has 0 aliphatic heterocycles. The normalized spacial score (nSPS) is 10.9. The maximum atomic E-state index is 11.7. The van der Waals surface area contributed by atoms with Gasteiger partial charge in [0.15, 0.2) is 0 Å². The monoisotopic (exact) mass is 321 g/mol. The summed E-state index contributed by atoms with van der Waals surface area (Å²) in [4.78, 5) is 14.0. The Morgan fingerprint density at radius 2 is 1.70 bits per heavy atom. The van der Waals surface area contributed by atoms with Crippen molar-refractivity contribution < 1.29 is 14.3 Å². The zero-order valence-electron chi connectivity index (χ0n) is 14.6. The maximum Gasteiger partial charge on any atom is 0.306 e. The number of methoxy groups -OCH3 is 1. The lowest BCUT2D eigenvalue weighted by atomic mass is 10.1. The van der Waals surface area contributed by atoms with Gasteiger partial charge in [0.25, 0.3) is 0 Å². The van der Waals surface area contributed by atoms with Gasteiger partial charge in [-0.25, -0.2) is 0 Å². The second-order valence-electron chi connectivity index (χ2n) is 5.96. The average molecular weight is 321 g/mol. The topological polar surface area (TPSA) is 38.8 Å². The summed E-state index contributed by atoms with van der Waals surface area (Å²) >= 11 is 0. The Labute approximate surface area is 140 Å². The van der Waals surface area contributed by atoms with Crippen molar-refractivity contribution >= 4 is 5.97 Å². The van der Waals surface area contributed by atoms with Gasteiger partial charge in [-0.05, 0) is 32.0 Å². The lowest BCUT2D eigenvalue weighted by Crippen LogP contribution is -2.23. The molecule has 0 heterocycles. The highest BCUT2D eigenvalue weighted by Gasteiger charge is 2.03. The number of hydrogen-bond donors (Lipinski definition) is 0. The van der Waals surface area contributed by atoms with E-state index >= 15 is 0 Å². The van der Waals surface area contributed by atoms with Gasteiger partial charge < -0.3 is 14.4 Å². The Morgan fingerprint density at radius 1 is 1.00 bits per heavy atom. The highest BCUT2D eigenvalue weighted by molar-refractivity contribution is 5.69. The zero-order chi connectivity index (χ0) is 16.8. The lowest BCUT2D eigenvalue weighted by molar-refractivity contribution is -0.145. The molecule has 0 amide bonds. The van der Waals surface area contributed by atoms with Crippen LogP contribution in [0.3, 0.4) is 0 Å². The molecule has 4 nitrogen and oxygen atoms in total. The molecule has 1 aromatic rings. The van der Waals surface area contributed by atoms with Crippen LogP contribution in [0.15, 0.2) is 30.3 Å². The van der Waals surface area contributed by atoms with Gasteiger partial charge in [-0.2, -0.15) is 0 Å². The van der Waals surface area contributed by atoms with E-state index in [-0.39, 0.29) is 5.97 Å². The summed E-state index contributed by atoms with van der Waals surface area (Å²) in [6, 6.07) is 9.81. The molecule has 0 atom stereocenters. The van der Waals surface area contributed by atoms with E-state index in [2.05, 4.69) is 11.9 Å². The third kappa shape index (κ3) is 10.9. The molecular formula is C19H31NO3. The molecule has 1 aromatic carbocycles. The quantitative estimate of drug-likeness (QED) is 0.411. The molecule has 23 heavy (non-hydrogen) atoms. The number of benzene rings is 1. The summed E-state index contributed by atoms with van der Waals surface area (Å²) in [5, 5.41) is 0. The molecule has 0 unspecified atom stereocenters. The Morgan fingerprint density at radius 3 is 2.43 bits per heavy atom. The third-order valence-corrected chi connectivity index (χ3v) is 3.84. The third-order valence-electron chi connectivity index (χ3n) is 3.84. The van der Waals surface area contributed by atoms with Crippen LogP contribution < -0.4 is 0 Å². The van der Waals surface area contributed by atoms with Gasteiger partial charge in [0.2, 0.25) is 0 Å². The Hall–Kier alpha value is -1.39. The van der Waals surface area contributed by atoms with E-state index < -0.39 is 0 Å². The van der Waals surface area contributed by atoms with Gasteiger partial charge >= 0.3 is 5.97 Å². The van der Waals surface area contributed by atoms with Gasteiger partial charge in [-0.1, -0.05) is 49.6 Å². The van der Waals surface area contributed by atoms with Crippen molar-refractivity contribution in [3.63, 3.8) is 0 Å². The molecule has 0 saturated heterocycles. The predicted molar refractivity (Wildman–Crippen MR) is 93.3 cm³/mol. The van der Waals surface area contributed by atoms with E-state index in [0.29, 0.717) is 13.0 Å². The first-order chi connectivity index (χ1) is 11.2. The number of ether oxygens (including phenoxy) is 2. The summed E-state index contributed by atoms with van der Waals surface area (Å²) in [5.41, 5.74) is 1.04. The van der Waals surface area contributed by atoms with E-state index in [9.17, 15) is 4.79 Å². The first kappa shape index (κ1) is 19.7. The number of nitrogens with zero attached hydrogens (tertiary/aromatic N) is 1. The van der Waals surface area contributed by atoms with Crippen molar-refractivity contribution in [3.8, 4) is 0 Å². The van der Waals surface area contributed by atoms with E-state index in [1.165, 1.54) is 19.3 Å². The Kier molecular flexibility index (Phi) is 11.2. The van der Waals surface area contributed by atoms with Crippen LogP contribution in [0.2, 0.25) is 0 Å². The standard InChI is InChI=1S/C19H31NO3/c1-20(15-16-22-2)14-10-5-3-4-9-13-19(21)23-17-18-11-7-6-8-12-18/h6-8,11-12H,3-5,9-10,13-17H2,1-2H3. The molecule has 0 aliphatic rings. The highest BCUT2D eigenvalue weighted by Crippen LogP contribution is 2.08. The molecule has 0 aliphatic carbocycles. The molecule has 0 radical (unpaired) electrons. The second kappa shape index (κ2) is 13.1. The van der Waals surface area contributed by atoms with Crippen molar-refractivity contribution in [1.29, 1.82) is 0 Å². The van der Waals surface area contributed by atoms with E-state index in [1.54, 1.807) is 7.11 Å². The van der Waals surface area contributed by atoms with Crippen molar-refractivity contribution in [1.82, 2.24) is 4.90 Å². The van der Waals surface area contributed by atoms with E-state index in [1.807, 2.05) is 30.3 Å². The molecule has 1 rings (SSSR count). The predicted octanol–water partition coefficient (Wildman–Crippen LogP) is 3.65. The second-order valence-corrected chi connectivity index (χ2v) is 5.96. The van der Waals surface area contributed by atoms with Crippen LogP contribution in [0.25, 0.3) is 0 Å². The van der Waals surface area contributed by atoms with Gasteiger partial charge in [-0.3, -0.25) is 4.79 Å². The van der Waals surface area contributed by atoms with Crippen molar-refractivity contribution in [3.05, 3.63) is 35.9 Å². The number of unbranched alkanes of at least 4 members (excludes halogenated alkanes) is 4. The molecule has 4 heteroatoms. The maximum absolute atomic E-state index is 11.7. The SMILES string of the molecule is COCCN(C)CCCCCCCC(=O)OCc1ccccc1. The molecule has 0 N–H and O–H groups in total. The number of carbonyl (C=O) groups is 1. The summed E-state index contributed by atoms with van der Waals surface area (Å²) < 4.78 is 10.3. The summed E-state index contributed by atoms with van der Waals surface area (Å²) in [6.07, 6.45) is 6.16. The van der Waals surface area contributed by atoms with Crippen LogP contribution in [-0.4, -0.2) is 44.7 Å². The van der Waals surface area contributed by atoms with Gasteiger partial charge in [-0.15, -0.1) is 0 Å². The first-order valence-corrected chi connectivity index (χ1v) is 8.59. The van der Waals surface area contributed by atoms with Gasteiger partial charge in [0.1, 0.15) is 6.61 Å². The van der Waals surface area contributed by atoms with Crippen molar-refractivity contribution in [2.24, 2.45) is 0 Å². The summed E-state index contributed by atoms with van der Waals surface area (Å²) in [7, 11) is 3.86. The fourth-order valence-corrected chi connectivity index (χ4v) is 2.35. The number of carbonyl (C=O) groups excluding carboxylic acids is 1. The smallest absolute Gasteiger partial charge is 0.306 e. The Balaban J connectivity index is 1.91. The largest absolute Gasteiger partial charge is 0.461 e. The molecule has 130 valence electrons. The number of rotatable bonds is 13. The van der Waals surface area contributed by atoms with Crippen LogP contribution in [0.5, 0.6) is 0 Å². The fraction of sp³-hybridized carbons (Fsp3) is 0.632. The number of esters is 1. The summed E-state index contributed by atoms with van der Waals surface area (Å²) in [6.45, 7) is 3.28. The van der Waals surface area contributed by atoms with Gasteiger partial charge in [0.05, 0.1) is 6.61 Å². The van der Waals surface area contributed by atoms with Crippen molar-refractivity contribution in [2.75, 3.05) is 33.9 Å². The number of likely N-dealkylation sites (N-methyl/N-ethyl adjacent to an activating group) is 1. The highest BCUT2D eigenvalue weighted by atomic mass is 16.5. The Bertz CT molecular complexity index is 408. The molecule has 0 spiro atoms. The average Bonchev–Trinajstić information content (AvgIpc) is 2.58. The molecular weight excluding hydrogens is 290 g/mol. The van der Waals surface area contributed by atoms with Crippen LogP contribution in [0.1, 0.15) is 44.1 Å². The molecule has 0 fully saturated rings.